The molecule has 1 aromatic heterocycles. The highest BCUT2D eigenvalue weighted by atomic mass is 79.9. The van der Waals surface area contributed by atoms with E-state index < -0.39 is 17.7 Å². The van der Waals surface area contributed by atoms with E-state index in [1.165, 1.54) is 11.1 Å². The van der Waals surface area contributed by atoms with Gasteiger partial charge in [-0.2, -0.15) is 0 Å². The van der Waals surface area contributed by atoms with Crippen molar-refractivity contribution in [2.24, 2.45) is 4.99 Å². The van der Waals surface area contributed by atoms with Gasteiger partial charge in [-0.25, -0.2) is 9.78 Å². The highest BCUT2D eigenvalue weighted by Gasteiger charge is 2.40. The number of hydrogen-bond acceptors (Lipinski definition) is 6. The van der Waals surface area contributed by atoms with Gasteiger partial charge >= 0.3 is 6.09 Å². The van der Waals surface area contributed by atoms with E-state index in [9.17, 15) is 9.59 Å². The Morgan fingerprint density at radius 1 is 1.18 bits per heavy atom. The van der Waals surface area contributed by atoms with Crippen LogP contribution in [-0.2, 0) is 15.1 Å². The van der Waals surface area contributed by atoms with Crippen molar-refractivity contribution < 1.29 is 14.3 Å². The van der Waals surface area contributed by atoms with Crippen LogP contribution in [0.25, 0.3) is 0 Å². The van der Waals surface area contributed by atoms with Crippen LogP contribution in [0.2, 0.25) is 0 Å². The second kappa shape index (κ2) is 15.7. The van der Waals surface area contributed by atoms with Gasteiger partial charge in [0.05, 0.1) is 22.9 Å². The molecule has 1 saturated heterocycles. The van der Waals surface area contributed by atoms with Crippen LogP contribution >= 0.6 is 27.5 Å². The lowest BCUT2D eigenvalue weighted by atomic mass is 9.93. The first-order chi connectivity index (χ1) is 20.7. The molecule has 1 aromatic rings. The Morgan fingerprint density at radius 2 is 1.93 bits per heavy atom. The predicted octanol–water partition coefficient (Wildman–Crippen LogP) is 6.96. The number of allylic oxidation sites excluding steroid dienone is 6. The standard InChI is InChI=1S/C33H46BrClN6O3.CH4/c1-23-10-11-24-19-25(34)20-38-29(24)27(9-7-8-26(35)18-23)41-17-16-39(31(43)44-32(2,3)4)21-28(41)30(42)37-13-12-33(5,6)40-15-14-36-22-40;/h7-9,14-15,18,20,22,25,27-28H,10-13,16-17,19,21H2,1-6H3,(H,37,42);1H4/b9-7+,23-18+,26-8+;/t25?,27?,28-;/m1./s1. The van der Waals surface area contributed by atoms with Gasteiger partial charge in [0, 0.05) is 55.4 Å². The van der Waals surface area contributed by atoms with Crippen LogP contribution in [0, 0.1) is 0 Å². The number of halogens is 2. The molecule has 0 spiro atoms. The Labute approximate surface area is 282 Å². The van der Waals surface area contributed by atoms with Gasteiger partial charge in [0.15, 0.2) is 0 Å². The molecule has 0 saturated carbocycles. The molecule has 2 amide bonds. The van der Waals surface area contributed by atoms with Gasteiger partial charge in [-0.15, -0.1) is 0 Å². The Balaban J connectivity index is 0.00000552. The van der Waals surface area contributed by atoms with Crippen LogP contribution in [0.3, 0.4) is 0 Å². The third-order valence-corrected chi connectivity index (χ3v) is 8.98. The summed E-state index contributed by atoms with van der Waals surface area (Å²) in [7, 11) is 0. The van der Waals surface area contributed by atoms with E-state index in [2.05, 4.69) is 58.0 Å². The molecule has 3 atom stereocenters. The third kappa shape index (κ3) is 10.1. The number of rotatable bonds is 6. The Kier molecular flexibility index (Phi) is 12.9. The molecule has 11 heteroatoms. The molecule has 4 rings (SSSR count). The minimum Gasteiger partial charge on any atom is -0.444 e. The zero-order valence-electron chi connectivity index (χ0n) is 26.7. The molecule has 45 heavy (non-hydrogen) atoms. The molecule has 1 N–H and O–H groups in total. The molecule has 2 unspecified atom stereocenters. The van der Waals surface area contributed by atoms with E-state index in [4.69, 9.17) is 21.3 Å². The van der Waals surface area contributed by atoms with Crippen molar-refractivity contribution in [3.63, 3.8) is 0 Å². The monoisotopic (exact) mass is 704 g/mol. The van der Waals surface area contributed by atoms with Crippen molar-refractivity contribution in [1.29, 1.82) is 0 Å². The molecule has 3 heterocycles. The number of hydrogen-bond donors (Lipinski definition) is 1. The minimum absolute atomic E-state index is 0. The largest absolute Gasteiger partial charge is 0.444 e. The number of nitrogens with one attached hydrogen (secondary N) is 1. The topological polar surface area (TPSA) is 92.1 Å². The lowest BCUT2D eigenvalue weighted by molar-refractivity contribution is -0.129. The van der Waals surface area contributed by atoms with Gasteiger partial charge in [0.25, 0.3) is 0 Å². The molecule has 9 nitrogen and oxygen atoms in total. The number of imidazole rings is 1. The van der Waals surface area contributed by atoms with E-state index in [1.807, 2.05) is 56.0 Å². The SMILES string of the molecule is C.C\C1=C/C(Cl)=C\C=C\C(N2CCN(C(=O)OC(C)(C)C)C[C@@H]2C(=O)NCCC(C)(C)n2ccnc2)C2=C(CC1)CC(Br)C=N2. The van der Waals surface area contributed by atoms with Crippen molar-refractivity contribution in [3.05, 3.63) is 64.9 Å². The number of aliphatic imine (C=N–C) groups is 1. The average molecular weight is 706 g/mol. The number of aromatic nitrogens is 2. The maximum atomic E-state index is 14.0. The van der Waals surface area contributed by atoms with Crippen molar-refractivity contribution >= 4 is 45.7 Å². The molecule has 3 aliphatic rings. The highest BCUT2D eigenvalue weighted by molar-refractivity contribution is 9.10. The van der Waals surface area contributed by atoms with Crippen molar-refractivity contribution in [2.45, 2.75) is 103 Å². The molecular formula is C34H50BrClN6O3. The fraction of sp³-hybridized carbons (Fsp3) is 0.588. The normalized spacial score (nSPS) is 26.3. The van der Waals surface area contributed by atoms with E-state index in [-0.39, 0.29) is 36.3 Å². The predicted molar refractivity (Wildman–Crippen MR) is 187 cm³/mol. The van der Waals surface area contributed by atoms with Crippen LogP contribution in [0.4, 0.5) is 4.79 Å². The Bertz CT molecular complexity index is 1340. The molecule has 1 aliphatic carbocycles. The second-order valence-electron chi connectivity index (χ2n) is 13.4. The summed E-state index contributed by atoms with van der Waals surface area (Å²) >= 11 is 10.3. The van der Waals surface area contributed by atoms with Crippen LogP contribution < -0.4 is 5.32 Å². The fourth-order valence-electron chi connectivity index (χ4n) is 5.69. The first-order valence-electron chi connectivity index (χ1n) is 15.3. The smallest absolute Gasteiger partial charge is 0.410 e. The van der Waals surface area contributed by atoms with E-state index in [0.29, 0.717) is 31.1 Å². The molecular weight excluding hydrogens is 656 g/mol. The number of carbonyl (C=O) groups excluding carboxylic acids is 2. The van der Waals surface area contributed by atoms with Gasteiger partial charge < -0.3 is 19.5 Å². The van der Waals surface area contributed by atoms with Crippen LogP contribution in [0.1, 0.15) is 74.7 Å². The summed E-state index contributed by atoms with van der Waals surface area (Å²) in [4.78, 5) is 40.3. The second-order valence-corrected chi connectivity index (χ2v) is 15.0. The van der Waals surface area contributed by atoms with E-state index in [1.54, 1.807) is 17.4 Å². The first-order valence-corrected chi connectivity index (χ1v) is 16.6. The summed E-state index contributed by atoms with van der Waals surface area (Å²) < 4.78 is 7.75. The Morgan fingerprint density at radius 3 is 2.62 bits per heavy atom. The Hall–Kier alpha value is -2.69. The number of amides is 2. The maximum Gasteiger partial charge on any atom is 0.410 e. The van der Waals surface area contributed by atoms with Crippen LogP contribution in [0.15, 0.2) is 69.9 Å². The quantitative estimate of drug-likeness (QED) is 0.323. The number of nitrogens with zero attached hydrogens (tertiary/aromatic N) is 5. The summed E-state index contributed by atoms with van der Waals surface area (Å²) in [5, 5.41) is 3.84. The fourth-order valence-corrected chi connectivity index (χ4v) is 6.46. The third-order valence-electron chi connectivity index (χ3n) is 8.19. The first kappa shape index (κ1) is 36.8. The highest BCUT2D eigenvalue weighted by Crippen LogP contribution is 2.33. The molecule has 0 bridgehead atoms. The summed E-state index contributed by atoms with van der Waals surface area (Å²) in [5.41, 5.74) is 2.55. The van der Waals surface area contributed by atoms with Gasteiger partial charge in [-0.05, 0) is 85.0 Å². The maximum absolute atomic E-state index is 14.0. The molecule has 2 aliphatic heterocycles. The lowest BCUT2D eigenvalue weighted by Gasteiger charge is -2.44. The van der Waals surface area contributed by atoms with Gasteiger partial charge in [0.2, 0.25) is 5.91 Å². The molecule has 0 aromatic carbocycles. The summed E-state index contributed by atoms with van der Waals surface area (Å²) in [5.74, 6) is -0.131. The number of ether oxygens (including phenoxy) is 1. The van der Waals surface area contributed by atoms with Gasteiger partial charge in [-0.3, -0.25) is 14.7 Å². The lowest BCUT2D eigenvalue weighted by Crippen LogP contribution is -2.63. The van der Waals surface area contributed by atoms with Crippen molar-refractivity contribution in [3.8, 4) is 0 Å². The van der Waals surface area contributed by atoms with Gasteiger partial charge in [-0.1, -0.05) is 52.7 Å². The average Bonchev–Trinajstić information content (AvgIpc) is 3.49. The molecule has 248 valence electrons. The number of carbonyl (C=O) groups is 2. The molecule has 1 fully saturated rings. The van der Waals surface area contributed by atoms with Gasteiger partial charge in [0.1, 0.15) is 11.6 Å². The summed E-state index contributed by atoms with van der Waals surface area (Å²) in [6.07, 6.45) is 18.2. The zero-order valence-corrected chi connectivity index (χ0v) is 29.1. The van der Waals surface area contributed by atoms with Crippen molar-refractivity contribution in [1.82, 2.24) is 24.7 Å². The van der Waals surface area contributed by atoms with E-state index in [0.717, 1.165) is 25.0 Å². The number of alkyl halides is 1. The van der Waals surface area contributed by atoms with Crippen LogP contribution in [-0.4, -0.2) is 86.3 Å². The van der Waals surface area contributed by atoms with E-state index >= 15 is 0 Å². The zero-order chi connectivity index (χ0) is 32.1. The summed E-state index contributed by atoms with van der Waals surface area (Å²) in [6.45, 7) is 13.5. The van der Waals surface area contributed by atoms with Crippen molar-refractivity contribution in [2.75, 3.05) is 26.2 Å². The van der Waals surface area contributed by atoms with Crippen LogP contribution in [0.5, 0.6) is 0 Å². The number of piperazine rings is 1. The molecule has 0 radical (unpaired) electrons. The summed E-state index contributed by atoms with van der Waals surface area (Å²) in [6, 6.07) is -0.892. The minimum atomic E-state index is -0.636.